The summed E-state index contributed by atoms with van der Waals surface area (Å²) in [6.45, 7) is 20.3. The van der Waals surface area contributed by atoms with Crippen LogP contribution in [0.25, 0.3) is 0 Å². The minimum Gasteiger partial charge on any atom is -0.481 e. The molecule has 6 N–H and O–H groups in total. The molecule has 0 aromatic carbocycles. The van der Waals surface area contributed by atoms with Crippen LogP contribution in [0.4, 0.5) is 0 Å². The lowest BCUT2D eigenvalue weighted by Crippen LogP contribution is -2.68. The Labute approximate surface area is 304 Å². The van der Waals surface area contributed by atoms with Crippen molar-refractivity contribution in [2.75, 3.05) is 6.61 Å². The zero-order chi connectivity index (χ0) is 37.2. The van der Waals surface area contributed by atoms with Crippen molar-refractivity contribution < 1.29 is 49.6 Å². The van der Waals surface area contributed by atoms with Gasteiger partial charge in [-0.05, 0) is 135 Å². The molecule has 2 aliphatic heterocycles. The number of aliphatic hydroxyl groups is 5. The van der Waals surface area contributed by atoms with Gasteiger partial charge in [0.2, 0.25) is 0 Å². The normalized spacial score (nSPS) is 56.6. The van der Waals surface area contributed by atoms with Crippen LogP contribution in [0.5, 0.6) is 0 Å². The molecule has 0 spiro atoms. The number of hydrogen-bond donors (Lipinski definition) is 6. The van der Waals surface area contributed by atoms with Gasteiger partial charge in [0, 0.05) is 0 Å². The molecule has 19 atom stereocenters. The molecule has 7 fully saturated rings. The molecule has 51 heavy (non-hydrogen) atoms. The van der Waals surface area contributed by atoms with Crippen molar-refractivity contribution in [1.82, 2.24) is 0 Å². The number of allylic oxidation sites excluding steroid dienone is 1. The number of hydrogen-bond acceptors (Lipinski definition) is 9. The quantitative estimate of drug-likeness (QED) is 0.220. The van der Waals surface area contributed by atoms with Crippen LogP contribution in [-0.4, -0.2) is 98.3 Å². The highest BCUT2D eigenvalue weighted by atomic mass is 16.7. The molecule has 2 saturated heterocycles. The lowest BCUT2D eigenvalue weighted by atomic mass is 9.31. The van der Waals surface area contributed by atoms with Gasteiger partial charge < -0.3 is 44.8 Å². The van der Waals surface area contributed by atoms with E-state index in [4.69, 9.17) is 14.2 Å². The highest BCUT2D eigenvalue weighted by Gasteiger charge is 2.72. The minimum absolute atomic E-state index is 0.0200. The third kappa shape index (κ3) is 5.26. The van der Waals surface area contributed by atoms with Gasteiger partial charge in [0.25, 0.3) is 0 Å². The fourth-order valence-corrected chi connectivity index (χ4v) is 14.7. The average molecular weight is 719 g/mol. The predicted molar refractivity (Wildman–Crippen MR) is 189 cm³/mol. The average Bonchev–Trinajstić information content (AvgIpc) is 3.47. The van der Waals surface area contributed by atoms with E-state index in [9.17, 15) is 35.4 Å². The van der Waals surface area contributed by atoms with Gasteiger partial charge in [0.05, 0.1) is 24.2 Å². The predicted octanol–water partition coefficient (Wildman–Crippen LogP) is 4.68. The summed E-state index contributed by atoms with van der Waals surface area (Å²) in [5, 5.41) is 64.3. The van der Waals surface area contributed by atoms with Crippen molar-refractivity contribution in [3.63, 3.8) is 0 Å². The van der Waals surface area contributed by atoms with Crippen LogP contribution in [0.2, 0.25) is 0 Å². The smallest absolute Gasteiger partial charge is 0.309 e. The maximum Gasteiger partial charge on any atom is 0.309 e. The van der Waals surface area contributed by atoms with Crippen LogP contribution in [-0.2, 0) is 19.0 Å². The Balaban J connectivity index is 1.16. The number of aliphatic hydroxyl groups excluding tert-OH is 5. The molecule has 5 saturated carbocycles. The van der Waals surface area contributed by atoms with Gasteiger partial charge in [-0.15, -0.1) is 0 Å². The number of aliphatic carboxylic acids is 1. The van der Waals surface area contributed by atoms with Gasteiger partial charge >= 0.3 is 5.97 Å². The van der Waals surface area contributed by atoms with E-state index in [1.165, 1.54) is 0 Å². The van der Waals surface area contributed by atoms with Crippen LogP contribution < -0.4 is 0 Å². The van der Waals surface area contributed by atoms with Crippen molar-refractivity contribution in [1.29, 1.82) is 0 Å². The third-order valence-electron chi connectivity index (χ3n) is 17.6. The first-order valence-electron chi connectivity index (χ1n) is 20.0. The summed E-state index contributed by atoms with van der Waals surface area (Å²) < 4.78 is 18.4. The molecule has 0 unspecified atom stereocenters. The summed E-state index contributed by atoms with van der Waals surface area (Å²) >= 11 is 0. The number of carbonyl (C=O) groups is 1. The van der Waals surface area contributed by atoms with Crippen molar-refractivity contribution in [3.8, 4) is 0 Å². The van der Waals surface area contributed by atoms with E-state index in [-0.39, 0.29) is 46.0 Å². The first-order chi connectivity index (χ1) is 23.8. The second-order valence-electron chi connectivity index (χ2n) is 19.8. The first-order valence-corrected chi connectivity index (χ1v) is 20.0. The van der Waals surface area contributed by atoms with Crippen LogP contribution in [0.15, 0.2) is 12.2 Å². The van der Waals surface area contributed by atoms with E-state index in [1.54, 1.807) is 6.92 Å². The second-order valence-corrected chi connectivity index (χ2v) is 19.8. The second kappa shape index (κ2) is 12.7. The van der Waals surface area contributed by atoms with E-state index in [0.717, 1.165) is 69.8 Å². The molecule has 10 nitrogen and oxygen atoms in total. The van der Waals surface area contributed by atoms with Crippen molar-refractivity contribution in [2.45, 2.75) is 168 Å². The lowest BCUT2D eigenvalue weighted by molar-refractivity contribution is -0.338. The Hall–Kier alpha value is -1.11. The van der Waals surface area contributed by atoms with E-state index in [1.807, 2.05) is 0 Å². The molecule has 5 aliphatic carbocycles. The van der Waals surface area contributed by atoms with Gasteiger partial charge in [-0.25, -0.2) is 0 Å². The Morgan fingerprint density at radius 2 is 1.47 bits per heavy atom. The topological polar surface area (TPSA) is 166 Å². The highest BCUT2D eigenvalue weighted by molar-refractivity contribution is 5.76. The van der Waals surface area contributed by atoms with Gasteiger partial charge in [-0.1, -0.05) is 46.8 Å². The SMILES string of the molecule is C=C(C)[C@@H]1CC[C@]2(C(=O)O)CC[C@]3(C)[C@H](CC[C@@H]4[C@@]5(C)CC[C@H]([C@@H]6OC[C@H](O)[C@H](O)[C@H]6O[C@@H]6O[C@@H](C)[C@H](O)[C@@H](O)[C@H]6O)C(C)(C)[C@@H]5CC[C@]43C)[C@@H]12. The van der Waals surface area contributed by atoms with Crippen molar-refractivity contribution in [3.05, 3.63) is 12.2 Å². The summed E-state index contributed by atoms with van der Waals surface area (Å²) in [6, 6.07) is 0. The number of fused-ring (bicyclic) bond motifs is 7. The van der Waals surface area contributed by atoms with Crippen LogP contribution in [0.1, 0.15) is 113 Å². The van der Waals surface area contributed by atoms with Gasteiger partial charge in [-0.2, -0.15) is 0 Å². The first kappa shape index (κ1) is 38.2. The highest BCUT2D eigenvalue weighted by Crippen LogP contribution is 2.78. The molecule has 7 aliphatic rings. The van der Waals surface area contributed by atoms with E-state index in [2.05, 4.69) is 48.1 Å². The molecular formula is C41H66O10. The Bertz CT molecular complexity index is 1370. The number of carboxylic acid groups (broad SMARTS) is 1. The largest absolute Gasteiger partial charge is 0.481 e. The van der Waals surface area contributed by atoms with Crippen LogP contribution >= 0.6 is 0 Å². The standard InChI is InChI=1S/C41H66O10/c1-20(2)22-11-16-41(36(47)48)18-17-39(7)23(28(22)41)9-10-27-38(6)14-12-24(37(4,5)26(38)13-15-40(27,39)8)33-34(30(44)25(42)19-49-33)51-35-32(46)31(45)29(43)21(3)50-35/h21-35,42-46H,1,9-19H2,2-8H3,(H,47,48)/t21-,22-,23+,24+,25-,26-,27+,28+,29-,30-,31+,32+,33-,34+,35-,38-,39+,40+,41-/m0/s1. The molecular weight excluding hydrogens is 652 g/mol. The van der Waals surface area contributed by atoms with E-state index >= 15 is 0 Å². The van der Waals surface area contributed by atoms with Crippen molar-refractivity contribution in [2.24, 2.45) is 62.6 Å². The summed E-state index contributed by atoms with van der Waals surface area (Å²) in [4.78, 5) is 13.1. The van der Waals surface area contributed by atoms with Gasteiger partial charge in [0.15, 0.2) is 6.29 Å². The molecule has 2 heterocycles. The molecule has 0 aromatic heterocycles. The molecule has 0 aromatic rings. The lowest BCUT2D eigenvalue weighted by Gasteiger charge is -2.73. The maximum atomic E-state index is 13.1. The fraction of sp³-hybridized carbons (Fsp3) is 0.927. The number of carboxylic acids is 1. The fourth-order valence-electron chi connectivity index (χ4n) is 14.7. The molecule has 0 radical (unpaired) electrons. The Morgan fingerprint density at radius 1 is 0.765 bits per heavy atom. The molecule has 0 amide bonds. The van der Waals surface area contributed by atoms with Gasteiger partial charge in [-0.3, -0.25) is 4.79 Å². The zero-order valence-electron chi connectivity index (χ0n) is 32.0. The van der Waals surface area contributed by atoms with Crippen molar-refractivity contribution >= 4 is 5.97 Å². The number of ether oxygens (including phenoxy) is 3. The molecule has 7 rings (SSSR count). The monoisotopic (exact) mass is 718 g/mol. The Kier molecular flexibility index (Phi) is 9.52. The van der Waals surface area contributed by atoms with Gasteiger partial charge in [0.1, 0.15) is 36.6 Å². The molecule has 10 heteroatoms. The van der Waals surface area contributed by atoms with E-state index in [0.29, 0.717) is 17.8 Å². The summed E-state index contributed by atoms with van der Waals surface area (Å²) in [5.74, 6) is 0.997. The summed E-state index contributed by atoms with van der Waals surface area (Å²) in [5.41, 5.74) is 0.441. The molecule has 290 valence electrons. The zero-order valence-corrected chi connectivity index (χ0v) is 32.0. The summed E-state index contributed by atoms with van der Waals surface area (Å²) in [7, 11) is 0. The number of rotatable bonds is 5. The minimum atomic E-state index is -1.53. The Morgan fingerprint density at radius 3 is 2.14 bits per heavy atom. The van der Waals surface area contributed by atoms with Crippen LogP contribution in [0.3, 0.4) is 0 Å². The van der Waals surface area contributed by atoms with Crippen LogP contribution in [0, 0.1) is 62.6 Å². The summed E-state index contributed by atoms with van der Waals surface area (Å²) in [6.07, 6.45) is -0.940. The maximum absolute atomic E-state index is 13.1. The molecule has 0 bridgehead atoms. The third-order valence-corrected chi connectivity index (χ3v) is 17.6. The van der Waals surface area contributed by atoms with E-state index < -0.39 is 66.5 Å².